The topological polar surface area (TPSA) is 81.9 Å². The molecular formula is C16H15N5O2. The summed E-state index contributed by atoms with van der Waals surface area (Å²) in [6.45, 7) is 1.69. The van der Waals surface area contributed by atoms with E-state index in [2.05, 4.69) is 20.4 Å². The molecule has 3 rings (SSSR count). The van der Waals surface area contributed by atoms with Crippen molar-refractivity contribution in [1.82, 2.24) is 19.7 Å². The second kappa shape index (κ2) is 6.69. The van der Waals surface area contributed by atoms with Gasteiger partial charge < -0.3 is 10.1 Å². The number of amides is 1. The Morgan fingerprint density at radius 3 is 2.70 bits per heavy atom. The molecule has 1 amide bonds. The third-order valence-electron chi connectivity index (χ3n) is 3.13. The van der Waals surface area contributed by atoms with Crippen LogP contribution in [0.3, 0.4) is 0 Å². The summed E-state index contributed by atoms with van der Waals surface area (Å²) in [5.41, 5.74) is 1.54. The largest absolute Gasteiger partial charge is 0.479 e. The van der Waals surface area contributed by atoms with E-state index >= 15 is 0 Å². The first kappa shape index (κ1) is 14.7. The SMILES string of the molecule is CC(Oc1cccnc1)C(=O)Nc1ccc(-n2cncn2)cc1. The van der Waals surface area contributed by atoms with Gasteiger partial charge >= 0.3 is 0 Å². The third-order valence-corrected chi connectivity index (χ3v) is 3.13. The van der Waals surface area contributed by atoms with Crippen LogP contribution in [0, 0.1) is 0 Å². The van der Waals surface area contributed by atoms with E-state index < -0.39 is 6.10 Å². The second-order valence-corrected chi connectivity index (χ2v) is 4.82. The Balaban J connectivity index is 1.61. The van der Waals surface area contributed by atoms with E-state index in [1.54, 1.807) is 54.6 Å². The lowest BCUT2D eigenvalue weighted by molar-refractivity contribution is -0.122. The van der Waals surface area contributed by atoms with E-state index in [1.807, 2.05) is 12.1 Å². The normalized spacial score (nSPS) is 11.7. The summed E-state index contributed by atoms with van der Waals surface area (Å²) in [6, 6.07) is 10.8. The first-order valence-electron chi connectivity index (χ1n) is 7.05. The number of aromatic nitrogens is 4. The summed E-state index contributed by atoms with van der Waals surface area (Å²) in [6.07, 6.45) is 5.66. The molecule has 0 aliphatic heterocycles. The van der Waals surface area contributed by atoms with E-state index in [-0.39, 0.29) is 5.91 Å². The minimum atomic E-state index is -0.630. The minimum absolute atomic E-state index is 0.234. The average Bonchev–Trinajstić information content (AvgIpc) is 3.11. The zero-order valence-corrected chi connectivity index (χ0v) is 12.5. The summed E-state index contributed by atoms with van der Waals surface area (Å²) in [5, 5.41) is 6.85. The van der Waals surface area contributed by atoms with Crippen molar-refractivity contribution in [3.05, 3.63) is 61.4 Å². The molecule has 7 nitrogen and oxygen atoms in total. The van der Waals surface area contributed by atoms with Crippen molar-refractivity contribution in [2.24, 2.45) is 0 Å². The van der Waals surface area contributed by atoms with Crippen LogP contribution in [0.2, 0.25) is 0 Å². The molecule has 0 bridgehead atoms. The predicted octanol–water partition coefficient (Wildman–Crippen LogP) is 2.07. The second-order valence-electron chi connectivity index (χ2n) is 4.82. The van der Waals surface area contributed by atoms with Crippen molar-refractivity contribution in [2.75, 3.05) is 5.32 Å². The van der Waals surface area contributed by atoms with Crippen molar-refractivity contribution in [3.8, 4) is 11.4 Å². The molecule has 1 aromatic carbocycles. The van der Waals surface area contributed by atoms with Gasteiger partial charge in [0.05, 0.1) is 11.9 Å². The highest BCUT2D eigenvalue weighted by atomic mass is 16.5. The molecular weight excluding hydrogens is 294 g/mol. The van der Waals surface area contributed by atoms with E-state index in [9.17, 15) is 4.79 Å². The van der Waals surface area contributed by atoms with Gasteiger partial charge in [-0.05, 0) is 43.3 Å². The fourth-order valence-corrected chi connectivity index (χ4v) is 1.96. The van der Waals surface area contributed by atoms with Crippen LogP contribution in [0.15, 0.2) is 61.4 Å². The Hall–Kier alpha value is -3.22. The molecule has 1 atom stereocenters. The van der Waals surface area contributed by atoms with Gasteiger partial charge in [0.25, 0.3) is 5.91 Å². The number of carbonyl (C=O) groups excluding carboxylic acids is 1. The number of nitrogens with one attached hydrogen (secondary N) is 1. The van der Waals surface area contributed by atoms with Crippen molar-refractivity contribution in [2.45, 2.75) is 13.0 Å². The van der Waals surface area contributed by atoms with Gasteiger partial charge in [-0.1, -0.05) is 0 Å². The molecule has 0 saturated heterocycles. The summed E-state index contributed by atoms with van der Waals surface area (Å²) in [7, 11) is 0. The summed E-state index contributed by atoms with van der Waals surface area (Å²) >= 11 is 0. The van der Waals surface area contributed by atoms with Gasteiger partial charge in [0, 0.05) is 11.9 Å². The molecule has 0 spiro atoms. The molecule has 1 unspecified atom stereocenters. The zero-order chi connectivity index (χ0) is 16.1. The number of pyridine rings is 1. The number of hydrogen-bond acceptors (Lipinski definition) is 5. The number of rotatable bonds is 5. The van der Waals surface area contributed by atoms with Gasteiger partial charge in [-0.25, -0.2) is 9.67 Å². The van der Waals surface area contributed by atoms with Crippen LogP contribution in [-0.4, -0.2) is 31.8 Å². The highest BCUT2D eigenvalue weighted by Crippen LogP contribution is 2.14. The van der Waals surface area contributed by atoms with Crippen LogP contribution in [0.1, 0.15) is 6.92 Å². The number of nitrogens with zero attached hydrogens (tertiary/aromatic N) is 4. The highest BCUT2D eigenvalue weighted by Gasteiger charge is 2.14. The molecule has 0 saturated carbocycles. The molecule has 2 aromatic heterocycles. The van der Waals surface area contributed by atoms with Crippen LogP contribution in [-0.2, 0) is 4.79 Å². The van der Waals surface area contributed by atoms with E-state index in [1.165, 1.54) is 6.33 Å². The molecule has 0 radical (unpaired) electrons. The van der Waals surface area contributed by atoms with E-state index in [0.29, 0.717) is 11.4 Å². The molecule has 23 heavy (non-hydrogen) atoms. The monoisotopic (exact) mass is 309 g/mol. The lowest BCUT2D eigenvalue weighted by atomic mass is 10.2. The van der Waals surface area contributed by atoms with E-state index in [0.717, 1.165) is 5.69 Å². The summed E-state index contributed by atoms with van der Waals surface area (Å²) in [4.78, 5) is 20.0. The Morgan fingerprint density at radius 1 is 1.22 bits per heavy atom. The third kappa shape index (κ3) is 3.70. The molecule has 2 heterocycles. The molecule has 3 aromatic rings. The molecule has 116 valence electrons. The van der Waals surface area contributed by atoms with Crippen LogP contribution in [0.25, 0.3) is 5.69 Å². The lowest BCUT2D eigenvalue weighted by Crippen LogP contribution is -2.30. The van der Waals surface area contributed by atoms with Gasteiger partial charge in [0.15, 0.2) is 6.10 Å². The highest BCUT2D eigenvalue weighted by molar-refractivity contribution is 5.94. The van der Waals surface area contributed by atoms with E-state index in [4.69, 9.17) is 4.74 Å². The Morgan fingerprint density at radius 2 is 2.04 bits per heavy atom. The maximum atomic E-state index is 12.1. The van der Waals surface area contributed by atoms with Gasteiger partial charge in [0.2, 0.25) is 0 Å². The number of anilines is 1. The van der Waals surface area contributed by atoms with Crippen molar-refractivity contribution in [1.29, 1.82) is 0 Å². The van der Waals surface area contributed by atoms with Crippen molar-refractivity contribution >= 4 is 11.6 Å². The Bertz CT molecular complexity index is 757. The fourth-order valence-electron chi connectivity index (χ4n) is 1.96. The lowest BCUT2D eigenvalue weighted by Gasteiger charge is -2.14. The molecule has 1 N–H and O–H groups in total. The zero-order valence-electron chi connectivity index (χ0n) is 12.5. The Labute approximate surface area is 133 Å². The predicted molar refractivity (Wildman–Crippen MR) is 84.3 cm³/mol. The van der Waals surface area contributed by atoms with Crippen LogP contribution >= 0.6 is 0 Å². The average molecular weight is 309 g/mol. The van der Waals surface area contributed by atoms with Crippen LogP contribution in [0.5, 0.6) is 5.75 Å². The minimum Gasteiger partial charge on any atom is -0.479 e. The number of carbonyl (C=O) groups is 1. The van der Waals surface area contributed by atoms with Crippen LogP contribution < -0.4 is 10.1 Å². The quantitative estimate of drug-likeness (QED) is 0.780. The van der Waals surface area contributed by atoms with Gasteiger partial charge in [0.1, 0.15) is 18.4 Å². The number of ether oxygens (including phenoxy) is 1. The van der Waals surface area contributed by atoms with Gasteiger partial charge in [-0.15, -0.1) is 0 Å². The first-order valence-corrected chi connectivity index (χ1v) is 7.05. The molecule has 7 heteroatoms. The molecule has 0 fully saturated rings. The number of benzene rings is 1. The fraction of sp³-hybridized carbons (Fsp3) is 0.125. The first-order chi connectivity index (χ1) is 11.2. The Kier molecular flexibility index (Phi) is 4.28. The standard InChI is InChI=1S/C16H15N5O2/c1-12(23-15-3-2-8-17-9-15)16(22)20-13-4-6-14(7-5-13)21-11-18-10-19-21/h2-12H,1H3,(H,20,22). The summed E-state index contributed by atoms with van der Waals surface area (Å²) < 4.78 is 7.17. The molecule has 0 aliphatic rings. The smallest absolute Gasteiger partial charge is 0.265 e. The molecule has 0 aliphatic carbocycles. The van der Waals surface area contributed by atoms with Crippen LogP contribution in [0.4, 0.5) is 5.69 Å². The maximum absolute atomic E-state index is 12.1. The van der Waals surface area contributed by atoms with Crippen molar-refractivity contribution in [3.63, 3.8) is 0 Å². The number of hydrogen-bond donors (Lipinski definition) is 1. The maximum Gasteiger partial charge on any atom is 0.265 e. The van der Waals surface area contributed by atoms with Gasteiger partial charge in [-0.3, -0.25) is 9.78 Å². The van der Waals surface area contributed by atoms with Crippen molar-refractivity contribution < 1.29 is 9.53 Å². The summed E-state index contributed by atoms with van der Waals surface area (Å²) in [5.74, 6) is 0.319. The van der Waals surface area contributed by atoms with Gasteiger partial charge in [-0.2, -0.15) is 5.10 Å².